The number of nitrogen functional groups attached to an aromatic ring is 1. The Kier molecular flexibility index (Phi) is 6.17. The van der Waals surface area contributed by atoms with Crippen molar-refractivity contribution in [1.82, 2.24) is 15.2 Å². The van der Waals surface area contributed by atoms with E-state index in [1.165, 1.54) is 10.3 Å². The molecule has 4 atom stereocenters. The lowest BCUT2D eigenvalue weighted by atomic mass is 10.1. The van der Waals surface area contributed by atoms with Gasteiger partial charge in [0.05, 0.1) is 0 Å². The number of carboxylic acid groups (broad SMARTS) is 2. The molecule has 3 unspecified atom stereocenters. The minimum absolute atomic E-state index is 0.0639. The van der Waals surface area contributed by atoms with Crippen LogP contribution in [0, 0.1) is 5.92 Å². The lowest BCUT2D eigenvalue weighted by molar-refractivity contribution is -0.153. The molecule has 0 bridgehead atoms. The second kappa shape index (κ2) is 8.47. The van der Waals surface area contributed by atoms with Crippen LogP contribution in [0.1, 0.15) is 19.5 Å². The van der Waals surface area contributed by atoms with Gasteiger partial charge < -0.3 is 31.0 Å². The van der Waals surface area contributed by atoms with Crippen LogP contribution < -0.4 is 11.1 Å². The summed E-state index contributed by atoms with van der Waals surface area (Å²) in [4.78, 5) is 58.0. The number of amides is 2. The highest BCUT2D eigenvalue weighted by molar-refractivity contribution is 8.01. The number of rotatable bonds is 8. The van der Waals surface area contributed by atoms with Crippen LogP contribution >= 0.6 is 23.1 Å². The smallest absolute Gasteiger partial charge is 0.348 e. The zero-order chi connectivity index (χ0) is 22.2. The molecule has 12 nitrogen and oxygen atoms in total. The Balaban J connectivity index is 1.78. The van der Waals surface area contributed by atoms with Crippen LogP contribution in [0.2, 0.25) is 0 Å². The normalized spacial score (nSPS) is 24.2. The van der Waals surface area contributed by atoms with E-state index >= 15 is 0 Å². The second-order valence-corrected chi connectivity index (χ2v) is 9.13. The number of thiazole rings is 1. The summed E-state index contributed by atoms with van der Waals surface area (Å²) >= 11 is 2.11. The number of nitrogens with one attached hydrogen (secondary N) is 1. The number of fused-ring (bicyclic) bond motifs is 1. The van der Waals surface area contributed by atoms with E-state index in [1.54, 1.807) is 13.8 Å². The minimum Gasteiger partial charge on any atom is -0.480 e. The molecule has 0 aliphatic carbocycles. The van der Waals surface area contributed by atoms with Crippen LogP contribution in [0.15, 0.2) is 10.5 Å². The van der Waals surface area contributed by atoms with Gasteiger partial charge >= 0.3 is 11.9 Å². The van der Waals surface area contributed by atoms with Gasteiger partial charge in [0.2, 0.25) is 12.0 Å². The van der Waals surface area contributed by atoms with Crippen LogP contribution in [0.3, 0.4) is 0 Å². The number of hydrogen-bond acceptors (Lipinski definition) is 10. The predicted octanol–water partition coefficient (Wildman–Crippen LogP) is -0.592. The Morgan fingerprint density at radius 2 is 2.10 bits per heavy atom. The van der Waals surface area contributed by atoms with E-state index in [0.717, 1.165) is 23.1 Å². The molecule has 1 aromatic rings. The standard InChI is InChI=1S/C16H19N5O7S2/c1-5(2)10(15(26)27)28-20-8(6-4-29-16(17)18-6)11(22)19-9-12(23)21-3-7(14(24)25)30-13(9)21/h4-5,7,9-10,13H,3H2,1-2H3,(H2,17,18)(H,19,22)(H,24,25)(H,26,27)/b20-8-/t7?,9?,10?,13-/m1/s1. The molecule has 2 saturated heterocycles. The predicted molar refractivity (Wildman–Crippen MR) is 107 cm³/mol. The Labute approximate surface area is 178 Å². The molecule has 14 heteroatoms. The van der Waals surface area contributed by atoms with Crippen molar-refractivity contribution < 1.29 is 34.2 Å². The molecule has 5 N–H and O–H groups in total. The summed E-state index contributed by atoms with van der Waals surface area (Å²) in [6, 6.07) is -0.937. The Morgan fingerprint density at radius 3 is 2.63 bits per heavy atom. The summed E-state index contributed by atoms with van der Waals surface area (Å²) in [6.45, 7) is 3.30. The number of oxime groups is 1. The number of aromatic nitrogens is 1. The first-order valence-corrected chi connectivity index (χ1v) is 10.6. The van der Waals surface area contributed by atoms with Gasteiger partial charge in [0.1, 0.15) is 22.4 Å². The molecule has 162 valence electrons. The van der Waals surface area contributed by atoms with E-state index in [4.69, 9.17) is 15.7 Å². The number of nitrogens with two attached hydrogens (primary N) is 1. The summed E-state index contributed by atoms with van der Waals surface area (Å²) in [6.07, 6.45) is -1.30. The van der Waals surface area contributed by atoms with Gasteiger partial charge in [-0.15, -0.1) is 23.1 Å². The first kappa shape index (κ1) is 21.8. The number of β-lactam (4-membered cyclic amide) rings is 1. The number of thioether (sulfide) groups is 1. The van der Waals surface area contributed by atoms with Gasteiger partial charge in [-0.25, -0.2) is 9.78 Å². The molecule has 30 heavy (non-hydrogen) atoms. The van der Waals surface area contributed by atoms with E-state index < -0.39 is 52.4 Å². The third kappa shape index (κ3) is 4.18. The van der Waals surface area contributed by atoms with Crippen LogP contribution in [0.5, 0.6) is 0 Å². The van der Waals surface area contributed by atoms with Gasteiger partial charge in [-0.05, 0) is 0 Å². The SMILES string of the molecule is CC(C)C(O/N=C(\C(=O)NC1C(=O)N2CC(C(=O)O)S[C@H]12)c1csc(N)n1)C(=O)O. The number of carboxylic acids is 2. The van der Waals surface area contributed by atoms with Crippen molar-refractivity contribution >= 4 is 57.7 Å². The number of aliphatic carboxylic acids is 2. The molecule has 0 saturated carbocycles. The summed E-state index contributed by atoms with van der Waals surface area (Å²) in [5.41, 5.74) is 5.34. The quantitative estimate of drug-likeness (QED) is 0.223. The second-order valence-electron chi connectivity index (χ2n) is 6.91. The van der Waals surface area contributed by atoms with Gasteiger partial charge in [-0.1, -0.05) is 19.0 Å². The van der Waals surface area contributed by atoms with Crippen molar-refractivity contribution in [2.24, 2.45) is 11.1 Å². The lowest BCUT2D eigenvalue weighted by Gasteiger charge is -2.41. The number of anilines is 1. The van der Waals surface area contributed by atoms with Gasteiger partial charge in [0.25, 0.3) is 5.91 Å². The molecular weight excluding hydrogens is 438 g/mol. The highest BCUT2D eigenvalue weighted by Crippen LogP contribution is 2.40. The highest BCUT2D eigenvalue weighted by atomic mass is 32.2. The summed E-state index contributed by atoms with van der Waals surface area (Å²) in [5, 5.41) is 24.9. The molecule has 3 heterocycles. The van der Waals surface area contributed by atoms with Crippen molar-refractivity contribution in [1.29, 1.82) is 0 Å². The highest BCUT2D eigenvalue weighted by Gasteiger charge is 2.55. The molecule has 2 aliphatic heterocycles. The zero-order valence-corrected chi connectivity index (χ0v) is 17.5. The fraction of sp³-hybridized carbons (Fsp3) is 0.500. The average Bonchev–Trinajstić information content (AvgIpc) is 3.26. The van der Waals surface area contributed by atoms with E-state index in [0.29, 0.717) is 0 Å². The largest absolute Gasteiger partial charge is 0.480 e. The molecule has 0 aromatic carbocycles. The van der Waals surface area contributed by atoms with Gasteiger partial charge in [0.15, 0.2) is 10.8 Å². The Hall–Kier alpha value is -2.87. The maximum Gasteiger partial charge on any atom is 0.348 e. The van der Waals surface area contributed by atoms with Crippen LogP contribution in [-0.2, 0) is 24.0 Å². The maximum atomic E-state index is 12.8. The molecule has 3 rings (SSSR count). The Morgan fingerprint density at radius 1 is 1.40 bits per heavy atom. The summed E-state index contributed by atoms with van der Waals surface area (Å²) in [7, 11) is 0. The Bertz CT molecular complexity index is 918. The topological polar surface area (TPSA) is 185 Å². The monoisotopic (exact) mass is 457 g/mol. The number of carbonyl (C=O) groups is 4. The van der Waals surface area contributed by atoms with Crippen molar-refractivity contribution in [2.45, 2.75) is 36.6 Å². The molecular formula is C16H19N5O7S2. The zero-order valence-electron chi connectivity index (χ0n) is 15.8. The molecule has 0 radical (unpaired) electrons. The van der Waals surface area contributed by atoms with Gasteiger partial charge in [-0.2, -0.15) is 0 Å². The van der Waals surface area contributed by atoms with Gasteiger partial charge in [-0.3, -0.25) is 14.4 Å². The number of carbonyl (C=O) groups excluding carboxylic acids is 2. The van der Waals surface area contributed by atoms with Crippen molar-refractivity contribution in [2.75, 3.05) is 12.3 Å². The van der Waals surface area contributed by atoms with E-state index in [-0.39, 0.29) is 23.1 Å². The third-order valence-electron chi connectivity index (χ3n) is 4.46. The lowest BCUT2D eigenvalue weighted by Crippen LogP contribution is -2.67. The molecule has 1 aromatic heterocycles. The molecule has 0 spiro atoms. The van der Waals surface area contributed by atoms with E-state index in [9.17, 15) is 24.3 Å². The maximum absolute atomic E-state index is 12.8. The molecule has 2 fully saturated rings. The molecule has 2 amide bonds. The first-order valence-electron chi connectivity index (χ1n) is 8.77. The summed E-state index contributed by atoms with van der Waals surface area (Å²) in [5.74, 6) is -3.94. The van der Waals surface area contributed by atoms with E-state index in [2.05, 4.69) is 15.5 Å². The third-order valence-corrected chi connectivity index (χ3v) is 6.61. The fourth-order valence-electron chi connectivity index (χ4n) is 2.90. The first-order chi connectivity index (χ1) is 14.1. The van der Waals surface area contributed by atoms with Crippen molar-refractivity contribution in [3.63, 3.8) is 0 Å². The van der Waals surface area contributed by atoms with Crippen LogP contribution in [0.4, 0.5) is 5.13 Å². The summed E-state index contributed by atoms with van der Waals surface area (Å²) < 4.78 is 0. The minimum atomic E-state index is -1.30. The number of hydrogen-bond donors (Lipinski definition) is 4. The van der Waals surface area contributed by atoms with E-state index in [1.807, 2.05) is 0 Å². The number of nitrogens with zero attached hydrogens (tertiary/aromatic N) is 3. The van der Waals surface area contributed by atoms with Crippen LogP contribution in [-0.4, -0.2) is 78.9 Å². The van der Waals surface area contributed by atoms with Crippen LogP contribution in [0.25, 0.3) is 0 Å². The molecule has 2 aliphatic rings. The van der Waals surface area contributed by atoms with Crippen molar-refractivity contribution in [3.8, 4) is 0 Å². The van der Waals surface area contributed by atoms with Gasteiger partial charge in [0, 0.05) is 17.8 Å². The average molecular weight is 457 g/mol. The van der Waals surface area contributed by atoms with Crippen molar-refractivity contribution in [3.05, 3.63) is 11.1 Å². The fourth-order valence-corrected chi connectivity index (χ4v) is 4.83.